The van der Waals surface area contributed by atoms with Crippen LogP contribution in [0.3, 0.4) is 0 Å². The molecule has 18 aromatic carbocycles. The predicted octanol–water partition coefficient (Wildman–Crippen LogP) is 33.3. The molecule has 0 radical (unpaired) electrons. The Morgan fingerprint density at radius 3 is 1.05 bits per heavy atom. The van der Waals surface area contributed by atoms with Crippen LogP contribution in [-0.2, 0) is 0 Å². The van der Waals surface area contributed by atoms with Crippen LogP contribution in [0, 0.1) is 0 Å². The van der Waals surface area contributed by atoms with Crippen molar-refractivity contribution in [3.8, 4) is 146 Å². The van der Waals surface area contributed by atoms with E-state index in [-0.39, 0.29) is 0 Å². The van der Waals surface area contributed by atoms with Gasteiger partial charge in [-0.2, -0.15) is 0 Å². The zero-order valence-electron chi connectivity index (χ0n) is 67.3. The molecular weight excluding hydrogens is 1580 g/mol. The summed E-state index contributed by atoms with van der Waals surface area (Å²) in [6, 6.07) is 142. The van der Waals surface area contributed by atoms with Crippen LogP contribution in [-0.4, -0.2) is 19.9 Å². The fourth-order valence-electron chi connectivity index (χ4n) is 18.9. The molecule has 586 valence electrons. The van der Waals surface area contributed by atoms with E-state index in [2.05, 4.69) is 352 Å². The van der Waals surface area contributed by atoms with Crippen molar-refractivity contribution in [3.05, 3.63) is 400 Å². The number of para-hydroxylation sites is 5. The molecule has 0 aliphatic rings. The molecule has 0 amide bonds. The van der Waals surface area contributed by atoms with Crippen LogP contribution >= 0.6 is 22.7 Å². The lowest BCUT2D eigenvalue weighted by Crippen LogP contribution is -1.97. The maximum absolute atomic E-state index is 7.28. The van der Waals surface area contributed by atoms with Gasteiger partial charge >= 0.3 is 0 Å². The number of aromatic nitrogens is 4. The Balaban J connectivity index is 0.549. The van der Waals surface area contributed by atoms with E-state index >= 15 is 0 Å². The molecule has 0 saturated carbocycles. The molecule has 10 heteroatoms. The van der Waals surface area contributed by atoms with Crippen molar-refractivity contribution in [2.75, 3.05) is 0 Å². The maximum Gasteiger partial charge on any atom is 0.160 e. The lowest BCUT2D eigenvalue weighted by Gasteiger charge is -2.14. The van der Waals surface area contributed by atoms with Crippen LogP contribution in [0.25, 0.3) is 274 Å². The molecule has 26 aromatic rings. The summed E-state index contributed by atoms with van der Waals surface area (Å²) < 4.78 is 31.8. The number of hydrogen-bond acceptors (Lipinski definition) is 10. The molecule has 126 heavy (non-hydrogen) atoms. The highest BCUT2D eigenvalue weighted by atomic mass is 32.1. The Bertz CT molecular complexity index is 8850. The first-order valence-electron chi connectivity index (χ1n) is 42.3. The van der Waals surface area contributed by atoms with Gasteiger partial charge < -0.3 is 17.7 Å². The van der Waals surface area contributed by atoms with Crippen molar-refractivity contribution in [1.82, 2.24) is 19.9 Å². The largest absolute Gasteiger partial charge is 0.456 e. The minimum absolute atomic E-state index is 0.596. The van der Waals surface area contributed by atoms with Gasteiger partial charge in [-0.25, -0.2) is 19.9 Å². The maximum atomic E-state index is 7.28. The number of furan rings is 4. The predicted molar refractivity (Wildman–Crippen MR) is 523 cm³/mol. The highest BCUT2D eigenvalue weighted by molar-refractivity contribution is 7.26. The molecule has 8 heterocycles. The van der Waals surface area contributed by atoms with Crippen molar-refractivity contribution in [2.45, 2.75) is 0 Å². The van der Waals surface area contributed by atoms with Gasteiger partial charge in [0.15, 0.2) is 11.6 Å². The number of hydrogen-bond donors (Lipinski definition) is 0. The Morgan fingerprint density at radius 1 is 0.159 bits per heavy atom. The zero-order chi connectivity index (χ0) is 82.6. The standard InChI is InChI=1S/C116H66N4O4S2/c1-3-19-69(20-4-1)99-65-101(119-115(117-99)81-56-77(74-48-52-106-96(61-74)88-24-8-11-35-103(88)121-106)55-78(57-81)75-49-53-107-97(62-75)89-25-9-12-36-104(89)122-107)71-43-39-67(40-44-71)73-50-54-110-98(63-73)95-34-18-30-86(114(95)126-110)76-47-51-90-93-32-16-28-84(112(93)124-108(90)64-76)80-58-79(83-27-15-31-92-87-23-7-13-37-105(87)123-111(83)92)59-82(60-80)116-118-100(70-21-5-2-6-22-70)66-102(120-116)72-45-41-68(42-46-72)85-29-17-33-94-91-26-10-14-38-109(91)125-113(85)94/h1-66H. The van der Waals surface area contributed by atoms with Gasteiger partial charge in [0.05, 0.1) is 22.8 Å². The van der Waals surface area contributed by atoms with Gasteiger partial charge in [-0.05, 0) is 188 Å². The summed E-state index contributed by atoms with van der Waals surface area (Å²) in [5.74, 6) is 1.22. The number of fused-ring (bicyclic) bond motifs is 18. The van der Waals surface area contributed by atoms with E-state index in [1.807, 2.05) is 71.2 Å². The van der Waals surface area contributed by atoms with Crippen molar-refractivity contribution in [2.24, 2.45) is 0 Å². The quantitative estimate of drug-likeness (QED) is 0.112. The summed E-state index contributed by atoms with van der Waals surface area (Å²) in [5.41, 5.74) is 30.5. The fraction of sp³-hybridized carbons (Fsp3) is 0. The number of nitrogens with zero attached hydrogens (tertiary/aromatic N) is 4. The minimum Gasteiger partial charge on any atom is -0.456 e. The Morgan fingerprint density at radius 2 is 0.500 bits per heavy atom. The van der Waals surface area contributed by atoms with Crippen LogP contribution in [0.1, 0.15) is 0 Å². The van der Waals surface area contributed by atoms with Gasteiger partial charge in [0.1, 0.15) is 44.7 Å². The lowest BCUT2D eigenvalue weighted by atomic mass is 9.93. The molecule has 0 N–H and O–H groups in total. The first-order chi connectivity index (χ1) is 62.3. The molecule has 8 aromatic heterocycles. The van der Waals surface area contributed by atoms with Gasteiger partial charge in [0.2, 0.25) is 0 Å². The monoisotopic (exact) mass is 1640 g/mol. The molecule has 0 unspecified atom stereocenters. The summed E-state index contributed by atoms with van der Waals surface area (Å²) in [7, 11) is 0. The van der Waals surface area contributed by atoms with Crippen LogP contribution < -0.4 is 0 Å². The normalized spacial score (nSPS) is 12.0. The van der Waals surface area contributed by atoms with Crippen molar-refractivity contribution < 1.29 is 17.7 Å². The second-order valence-electron chi connectivity index (χ2n) is 32.6. The highest BCUT2D eigenvalue weighted by Crippen LogP contribution is 2.49. The summed E-state index contributed by atoms with van der Waals surface area (Å²) >= 11 is 3.68. The summed E-state index contributed by atoms with van der Waals surface area (Å²) in [6.07, 6.45) is 0. The van der Waals surface area contributed by atoms with E-state index in [4.69, 9.17) is 37.6 Å². The third-order valence-electron chi connectivity index (χ3n) is 25.1. The van der Waals surface area contributed by atoms with E-state index in [0.29, 0.717) is 11.6 Å². The third-order valence-corrected chi connectivity index (χ3v) is 27.6. The van der Waals surface area contributed by atoms with Crippen molar-refractivity contribution in [1.29, 1.82) is 0 Å². The average Bonchev–Trinajstić information content (AvgIpc) is 1.58. The van der Waals surface area contributed by atoms with Crippen molar-refractivity contribution >= 4 is 151 Å². The lowest BCUT2D eigenvalue weighted by molar-refractivity contribution is 0.668. The smallest absolute Gasteiger partial charge is 0.160 e. The van der Waals surface area contributed by atoms with Crippen LogP contribution in [0.15, 0.2) is 418 Å². The number of thiophene rings is 2. The van der Waals surface area contributed by atoms with Crippen LogP contribution in [0.2, 0.25) is 0 Å². The Kier molecular flexibility index (Phi) is 16.3. The van der Waals surface area contributed by atoms with Gasteiger partial charge in [-0.1, -0.05) is 279 Å². The van der Waals surface area contributed by atoms with Gasteiger partial charge in [0, 0.05) is 128 Å². The highest BCUT2D eigenvalue weighted by Gasteiger charge is 2.24. The molecule has 0 bridgehead atoms. The Labute approximate surface area is 729 Å². The molecule has 0 aliphatic heterocycles. The average molecular weight is 1640 g/mol. The van der Waals surface area contributed by atoms with E-state index in [9.17, 15) is 0 Å². The molecular formula is C116H66N4O4S2. The molecule has 0 fully saturated rings. The summed E-state index contributed by atoms with van der Waals surface area (Å²) in [4.78, 5) is 21.9. The molecule has 0 spiro atoms. The van der Waals surface area contributed by atoms with E-state index < -0.39 is 0 Å². The van der Waals surface area contributed by atoms with E-state index in [0.717, 1.165) is 216 Å². The second-order valence-corrected chi connectivity index (χ2v) is 34.7. The van der Waals surface area contributed by atoms with Gasteiger partial charge in [-0.15, -0.1) is 22.7 Å². The fourth-order valence-corrected chi connectivity index (χ4v) is 21.4. The summed E-state index contributed by atoms with van der Waals surface area (Å²) in [5, 5.41) is 13.4. The molecule has 8 nitrogen and oxygen atoms in total. The Hall–Kier alpha value is -16.2. The topological polar surface area (TPSA) is 104 Å². The van der Waals surface area contributed by atoms with E-state index in [1.54, 1.807) is 0 Å². The summed E-state index contributed by atoms with van der Waals surface area (Å²) in [6.45, 7) is 0. The van der Waals surface area contributed by atoms with E-state index in [1.165, 1.54) is 45.9 Å². The van der Waals surface area contributed by atoms with Crippen LogP contribution in [0.4, 0.5) is 0 Å². The zero-order valence-corrected chi connectivity index (χ0v) is 69.0. The van der Waals surface area contributed by atoms with Gasteiger partial charge in [-0.3, -0.25) is 0 Å². The first kappa shape index (κ1) is 71.5. The van der Waals surface area contributed by atoms with Crippen molar-refractivity contribution in [3.63, 3.8) is 0 Å². The molecule has 0 atom stereocenters. The van der Waals surface area contributed by atoms with Gasteiger partial charge in [0.25, 0.3) is 0 Å². The molecule has 26 rings (SSSR count). The molecule has 0 aliphatic carbocycles. The number of benzene rings is 18. The SMILES string of the molecule is c1ccc(-c2cc(-c3ccc(-c4ccc5sc6c(-c7ccc8c(c7)oc7c(-c9cc(-c%10nc(-c%11ccccc%11)cc(-c%11ccc(-c%12cccc%13c%12sc%12ccccc%12%13)cc%11)n%10)cc(-c%10cccc%11c%10oc%10ccccc%10%11)c9)cccc78)cccc6c5c4)cc3)nc(-c3cc(-c4ccc5oc6ccccc6c5c4)cc(-c4ccc5oc6ccccc6c5c4)c3)n2)cc1. The number of rotatable bonds is 13. The second kappa shape index (κ2) is 28.7. The first-order valence-corrected chi connectivity index (χ1v) is 43.9. The third kappa shape index (κ3) is 12.0. The van der Waals surface area contributed by atoms with Crippen LogP contribution in [0.5, 0.6) is 0 Å². The minimum atomic E-state index is 0.596. The molecule has 0 saturated heterocycles.